The lowest BCUT2D eigenvalue weighted by Crippen LogP contribution is -2.08. The summed E-state index contributed by atoms with van der Waals surface area (Å²) in [5.74, 6) is 1.13. The van der Waals surface area contributed by atoms with Crippen molar-refractivity contribution in [1.29, 1.82) is 0 Å². The topological polar surface area (TPSA) is 112 Å². The zero-order valence-electron chi connectivity index (χ0n) is 11.1. The van der Waals surface area contributed by atoms with E-state index in [1.807, 2.05) is 0 Å². The normalized spacial score (nSPS) is 16.1. The summed E-state index contributed by atoms with van der Waals surface area (Å²) in [4.78, 5) is 25.6. The van der Waals surface area contributed by atoms with Crippen LogP contribution < -0.4 is 5.73 Å². The van der Waals surface area contributed by atoms with Gasteiger partial charge in [0.15, 0.2) is 0 Å². The molecule has 0 saturated heterocycles. The lowest BCUT2D eigenvalue weighted by Gasteiger charge is -1.97. The van der Waals surface area contributed by atoms with Gasteiger partial charge in [0.25, 0.3) is 5.69 Å². The number of hydrogen-bond donors (Lipinski definition) is 1. The minimum atomic E-state index is -0.465. The van der Waals surface area contributed by atoms with Gasteiger partial charge in [-0.1, -0.05) is 12.1 Å². The number of hydrogen-bond acceptors (Lipinski definition) is 6. The first-order chi connectivity index (χ1) is 10.5. The lowest BCUT2D eigenvalue weighted by molar-refractivity contribution is -0.384. The first kappa shape index (κ1) is 14.1. The summed E-state index contributed by atoms with van der Waals surface area (Å²) in [7, 11) is 0. The SMILES string of the molecule is NC1=NC(=O)SC1=Cc1ccc(-c2cccc([N+](=O)[O-])c2)o1. The van der Waals surface area contributed by atoms with E-state index in [0.29, 0.717) is 22.0 Å². The Balaban J connectivity index is 1.90. The second-order valence-electron chi connectivity index (χ2n) is 4.38. The van der Waals surface area contributed by atoms with Crippen LogP contribution in [0.15, 0.2) is 50.7 Å². The molecule has 7 nitrogen and oxygen atoms in total. The van der Waals surface area contributed by atoms with Crippen LogP contribution in [-0.2, 0) is 0 Å². The summed E-state index contributed by atoms with van der Waals surface area (Å²) in [6.07, 6.45) is 1.61. The molecule has 1 aromatic heterocycles. The van der Waals surface area contributed by atoms with Crippen LogP contribution in [0.3, 0.4) is 0 Å². The van der Waals surface area contributed by atoms with Crippen molar-refractivity contribution in [1.82, 2.24) is 0 Å². The van der Waals surface area contributed by atoms with Crippen molar-refractivity contribution in [2.45, 2.75) is 0 Å². The Kier molecular flexibility index (Phi) is 3.51. The van der Waals surface area contributed by atoms with Crippen molar-refractivity contribution in [3.63, 3.8) is 0 Å². The summed E-state index contributed by atoms with van der Waals surface area (Å²) in [6, 6.07) is 9.53. The van der Waals surface area contributed by atoms with Crippen molar-refractivity contribution in [2.24, 2.45) is 10.7 Å². The molecular formula is C14H9N3O4S. The number of carbonyl (C=O) groups excluding carboxylic acids is 1. The molecule has 2 heterocycles. The number of thioether (sulfide) groups is 1. The maximum absolute atomic E-state index is 11.1. The molecule has 2 aromatic rings. The molecule has 1 amide bonds. The highest BCUT2D eigenvalue weighted by atomic mass is 32.2. The molecule has 1 aromatic carbocycles. The van der Waals surface area contributed by atoms with Crippen molar-refractivity contribution in [3.05, 3.63) is 57.2 Å². The van der Waals surface area contributed by atoms with Gasteiger partial charge >= 0.3 is 5.24 Å². The van der Waals surface area contributed by atoms with E-state index in [1.165, 1.54) is 12.1 Å². The lowest BCUT2D eigenvalue weighted by atomic mass is 10.1. The zero-order chi connectivity index (χ0) is 15.7. The van der Waals surface area contributed by atoms with Crippen LogP contribution in [-0.4, -0.2) is 16.0 Å². The minimum absolute atomic E-state index is 0.0119. The van der Waals surface area contributed by atoms with Gasteiger partial charge in [-0.3, -0.25) is 14.9 Å². The monoisotopic (exact) mass is 315 g/mol. The number of nitrogens with two attached hydrogens (primary N) is 1. The maximum atomic E-state index is 11.1. The number of nitro groups is 1. The molecule has 0 aliphatic carbocycles. The summed E-state index contributed by atoms with van der Waals surface area (Å²) in [5.41, 5.74) is 6.19. The first-order valence-electron chi connectivity index (χ1n) is 6.15. The van der Waals surface area contributed by atoms with Gasteiger partial charge in [-0.2, -0.15) is 4.99 Å². The van der Waals surface area contributed by atoms with Crippen molar-refractivity contribution in [2.75, 3.05) is 0 Å². The molecular weight excluding hydrogens is 306 g/mol. The molecule has 0 radical (unpaired) electrons. The Hall–Kier alpha value is -2.87. The van der Waals surface area contributed by atoms with E-state index in [0.717, 1.165) is 11.8 Å². The Morgan fingerprint density at radius 2 is 2.14 bits per heavy atom. The van der Waals surface area contributed by atoms with Gasteiger partial charge in [-0.15, -0.1) is 0 Å². The molecule has 0 atom stereocenters. The smallest absolute Gasteiger partial charge is 0.311 e. The third-order valence-corrected chi connectivity index (χ3v) is 3.72. The van der Waals surface area contributed by atoms with Crippen LogP contribution in [0.5, 0.6) is 0 Å². The third kappa shape index (κ3) is 2.77. The highest BCUT2D eigenvalue weighted by molar-refractivity contribution is 8.18. The summed E-state index contributed by atoms with van der Waals surface area (Å²) >= 11 is 0.924. The van der Waals surface area contributed by atoms with Crippen molar-refractivity contribution in [3.8, 4) is 11.3 Å². The molecule has 1 aliphatic rings. The number of aliphatic imine (C=N–C) groups is 1. The minimum Gasteiger partial charge on any atom is -0.457 e. The highest BCUT2D eigenvalue weighted by Crippen LogP contribution is 2.30. The van der Waals surface area contributed by atoms with Gasteiger partial charge in [0.1, 0.15) is 17.4 Å². The second-order valence-corrected chi connectivity index (χ2v) is 5.38. The standard InChI is InChI=1S/C14H9N3O4S/c15-13-12(22-14(18)16-13)7-10-4-5-11(21-10)8-2-1-3-9(6-8)17(19)20/h1-7H,(H2,15,16,18). The number of benzene rings is 1. The van der Waals surface area contributed by atoms with Gasteiger partial charge in [0.05, 0.1) is 9.83 Å². The van der Waals surface area contributed by atoms with E-state index in [2.05, 4.69) is 4.99 Å². The summed E-state index contributed by atoms with van der Waals surface area (Å²) in [5, 5.41) is 10.4. The van der Waals surface area contributed by atoms with Gasteiger partial charge in [0.2, 0.25) is 0 Å². The molecule has 2 N–H and O–H groups in total. The van der Waals surface area contributed by atoms with Crippen LogP contribution in [0.1, 0.15) is 5.76 Å². The first-order valence-corrected chi connectivity index (χ1v) is 6.97. The second kappa shape index (κ2) is 5.49. The van der Waals surface area contributed by atoms with Crippen LogP contribution in [0, 0.1) is 10.1 Å². The van der Waals surface area contributed by atoms with Crippen LogP contribution in [0.2, 0.25) is 0 Å². The van der Waals surface area contributed by atoms with E-state index in [9.17, 15) is 14.9 Å². The largest absolute Gasteiger partial charge is 0.457 e. The molecule has 110 valence electrons. The zero-order valence-corrected chi connectivity index (χ0v) is 11.9. The highest BCUT2D eigenvalue weighted by Gasteiger charge is 2.19. The Morgan fingerprint density at radius 1 is 1.32 bits per heavy atom. The Bertz CT molecular complexity index is 838. The number of non-ortho nitro benzene ring substituents is 1. The van der Waals surface area contributed by atoms with Gasteiger partial charge in [-0.25, -0.2) is 0 Å². The fourth-order valence-electron chi connectivity index (χ4n) is 1.91. The van der Waals surface area contributed by atoms with E-state index in [4.69, 9.17) is 10.2 Å². The van der Waals surface area contributed by atoms with E-state index in [1.54, 1.807) is 30.3 Å². The van der Waals surface area contributed by atoms with Crippen molar-refractivity contribution >= 4 is 34.6 Å². The maximum Gasteiger partial charge on any atom is 0.311 e. The quantitative estimate of drug-likeness (QED) is 0.686. The average Bonchev–Trinajstić information content (AvgIpc) is 3.06. The molecule has 8 heteroatoms. The van der Waals surface area contributed by atoms with Crippen LogP contribution >= 0.6 is 11.8 Å². The molecule has 0 fully saturated rings. The fraction of sp³-hybridized carbons (Fsp3) is 0. The molecule has 0 unspecified atom stereocenters. The van der Waals surface area contributed by atoms with Crippen LogP contribution in [0.25, 0.3) is 17.4 Å². The number of nitrogens with zero attached hydrogens (tertiary/aromatic N) is 2. The number of amides is 1. The number of rotatable bonds is 3. The van der Waals surface area contributed by atoms with Gasteiger partial charge in [-0.05, 0) is 30.0 Å². The Morgan fingerprint density at radius 3 is 2.82 bits per heavy atom. The van der Waals surface area contributed by atoms with E-state index in [-0.39, 0.29) is 16.8 Å². The summed E-state index contributed by atoms with van der Waals surface area (Å²) < 4.78 is 5.62. The fourth-order valence-corrected chi connectivity index (χ4v) is 2.57. The van der Waals surface area contributed by atoms with E-state index >= 15 is 0 Å². The molecule has 1 aliphatic heterocycles. The van der Waals surface area contributed by atoms with Gasteiger partial charge < -0.3 is 10.2 Å². The number of carbonyl (C=O) groups is 1. The van der Waals surface area contributed by atoms with Crippen LogP contribution in [0.4, 0.5) is 10.5 Å². The average molecular weight is 315 g/mol. The Labute approximate surface area is 128 Å². The van der Waals surface area contributed by atoms with Crippen molar-refractivity contribution < 1.29 is 14.1 Å². The summed E-state index contributed by atoms with van der Waals surface area (Å²) in [6.45, 7) is 0. The number of furan rings is 1. The number of nitro benzene ring substituents is 1. The predicted molar refractivity (Wildman–Crippen MR) is 83.4 cm³/mol. The van der Waals surface area contributed by atoms with Gasteiger partial charge in [0, 0.05) is 17.7 Å². The molecule has 22 heavy (non-hydrogen) atoms. The molecule has 0 spiro atoms. The number of amidine groups is 1. The van der Waals surface area contributed by atoms with E-state index < -0.39 is 4.92 Å². The third-order valence-electron chi connectivity index (χ3n) is 2.90. The molecule has 0 saturated carbocycles. The molecule has 3 rings (SSSR count). The predicted octanol–water partition coefficient (Wildman–Crippen LogP) is 3.42. The molecule has 0 bridgehead atoms.